The van der Waals surface area contributed by atoms with Gasteiger partial charge in [-0.25, -0.2) is 9.97 Å². The van der Waals surface area contributed by atoms with Gasteiger partial charge in [0.15, 0.2) is 5.82 Å². The smallest absolute Gasteiger partial charge is 0.162 e. The minimum absolute atomic E-state index is 0.701. The molecule has 43 heavy (non-hydrogen) atoms. The van der Waals surface area contributed by atoms with Gasteiger partial charge in [-0.05, 0) is 46.5 Å². The Balaban J connectivity index is 1.40. The first-order chi connectivity index (χ1) is 21.3. The molecule has 0 aliphatic carbocycles. The molecule has 8 aromatic rings. The first-order valence-electron chi connectivity index (χ1n) is 14.5. The Morgan fingerprint density at radius 1 is 0.395 bits per heavy atom. The quantitative estimate of drug-likeness (QED) is 0.214. The van der Waals surface area contributed by atoms with Crippen LogP contribution in [0.5, 0.6) is 0 Å². The molecule has 0 fully saturated rings. The van der Waals surface area contributed by atoms with Crippen LogP contribution in [0.25, 0.3) is 72.5 Å². The number of rotatable bonds is 5. The van der Waals surface area contributed by atoms with E-state index in [-0.39, 0.29) is 0 Å². The van der Waals surface area contributed by atoms with Gasteiger partial charge in [0, 0.05) is 22.2 Å². The van der Waals surface area contributed by atoms with E-state index < -0.39 is 0 Å². The molecule has 0 aliphatic heterocycles. The van der Waals surface area contributed by atoms with Crippen LogP contribution < -0.4 is 0 Å². The zero-order valence-corrected chi connectivity index (χ0v) is 23.4. The van der Waals surface area contributed by atoms with Crippen LogP contribution in [0.1, 0.15) is 0 Å². The summed E-state index contributed by atoms with van der Waals surface area (Å²) in [6.45, 7) is 0. The zero-order valence-electron chi connectivity index (χ0n) is 23.4. The Morgan fingerprint density at radius 3 is 1.65 bits per heavy atom. The van der Waals surface area contributed by atoms with Gasteiger partial charge < -0.3 is 0 Å². The highest BCUT2D eigenvalue weighted by molar-refractivity contribution is 6.14. The van der Waals surface area contributed by atoms with Crippen LogP contribution in [0.2, 0.25) is 0 Å². The van der Waals surface area contributed by atoms with Gasteiger partial charge in [0.05, 0.1) is 16.6 Å². The molecule has 0 bridgehead atoms. The van der Waals surface area contributed by atoms with E-state index in [1.54, 1.807) is 0 Å². The van der Waals surface area contributed by atoms with Crippen LogP contribution in [0.3, 0.4) is 0 Å². The normalized spacial score (nSPS) is 11.3. The number of aromatic nitrogens is 3. The van der Waals surface area contributed by atoms with Crippen molar-refractivity contribution in [1.29, 1.82) is 0 Å². The monoisotopic (exact) mass is 549 g/mol. The molecule has 2 heterocycles. The van der Waals surface area contributed by atoms with Crippen LogP contribution in [0.15, 0.2) is 164 Å². The number of fused-ring (bicyclic) bond motifs is 3. The number of hydrogen-bond donors (Lipinski definition) is 0. The number of hydrogen-bond acceptors (Lipinski definition) is 2. The number of nitrogens with zero attached hydrogens (tertiary/aromatic N) is 3. The van der Waals surface area contributed by atoms with Gasteiger partial charge in [0.25, 0.3) is 0 Å². The van der Waals surface area contributed by atoms with Crippen molar-refractivity contribution in [1.82, 2.24) is 14.5 Å². The summed E-state index contributed by atoms with van der Waals surface area (Å²) in [5.41, 5.74) is 10.7. The molecular weight excluding hydrogens is 522 g/mol. The summed E-state index contributed by atoms with van der Waals surface area (Å²) >= 11 is 0. The summed E-state index contributed by atoms with van der Waals surface area (Å²) in [4.78, 5) is 10.6. The fourth-order valence-electron chi connectivity index (χ4n) is 5.95. The Morgan fingerprint density at radius 2 is 0.930 bits per heavy atom. The predicted molar refractivity (Wildman–Crippen MR) is 178 cm³/mol. The second kappa shape index (κ2) is 10.6. The summed E-state index contributed by atoms with van der Waals surface area (Å²) in [5.74, 6) is 0.701. The summed E-state index contributed by atoms with van der Waals surface area (Å²) in [6.07, 6.45) is 0. The molecule has 0 radical (unpaired) electrons. The van der Waals surface area contributed by atoms with Gasteiger partial charge >= 0.3 is 0 Å². The lowest BCUT2D eigenvalue weighted by molar-refractivity contribution is 1.11. The van der Waals surface area contributed by atoms with E-state index in [2.05, 4.69) is 150 Å². The molecule has 202 valence electrons. The second-order valence-electron chi connectivity index (χ2n) is 10.7. The second-order valence-corrected chi connectivity index (χ2v) is 10.7. The third kappa shape index (κ3) is 4.48. The summed E-state index contributed by atoms with van der Waals surface area (Å²) in [6, 6.07) is 57.2. The molecule has 2 aromatic heterocycles. The predicted octanol–water partition coefficient (Wildman–Crippen LogP) is 10.2. The standard InChI is InChI=1S/C40H27N3/c1-4-13-28(14-5-1)30-23-25-31(26-24-30)38-37-35-21-10-11-22-36(35)43(34-19-8-3-9-20-34)40(37)42-39(41-38)33-18-12-17-32(27-33)29-15-6-2-7-16-29/h1-27H. The first-order valence-corrected chi connectivity index (χ1v) is 14.5. The SMILES string of the molecule is c1ccc(-c2ccc(-c3nc(-c4cccc(-c5ccccc5)c4)nc4c3c3ccccc3n4-c3ccccc3)cc2)cc1. The van der Waals surface area contributed by atoms with E-state index in [1.165, 1.54) is 16.7 Å². The Labute approximate surface area is 250 Å². The minimum atomic E-state index is 0.701. The molecule has 3 heteroatoms. The lowest BCUT2D eigenvalue weighted by Gasteiger charge is -2.11. The summed E-state index contributed by atoms with van der Waals surface area (Å²) in [5, 5.41) is 2.18. The average Bonchev–Trinajstić information content (AvgIpc) is 3.43. The molecule has 8 rings (SSSR count). The molecule has 3 nitrogen and oxygen atoms in total. The molecule has 0 atom stereocenters. The van der Waals surface area contributed by atoms with E-state index in [1.807, 2.05) is 18.2 Å². The van der Waals surface area contributed by atoms with E-state index in [0.29, 0.717) is 5.82 Å². The fourth-order valence-corrected chi connectivity index (χ4v) is 5.95. The molecule has 0 aliphatic rings. The number of benzene rings is 6. The highest BCUT2D eigenvalue weighted by Crippen LogP contribution is 2.39. The maximum atomic E-state index is 5.31. The van der Waals surface area contributed by atoms with Gasteiger partial charge in [-0.15, -0.1) is 0 Å². The van der Waals surface area contributed by atoms with E-state index >= 15 is 0 Å². The van der Waals surface area contributed by atoms with Gasteiger partial charge in [-0.3, -0.25) is 4.57 Å². The van der Waals surface area contributed by atoms with Gasteiger partial charge in [0.1, 0.15) is 5.65 Å². The van der Waals surface area contributed by atoms with Crippen molar-refractivity contribution < 1.29 is 0 Å². The molecule has 0 unspecified atom stereocenters. The van der Waals surface area contributed by atoms with Crippen LogP contribution in [0, 0.1) is 0 Å². The van der Waals surface area contributed by atoms with Crippen molar-refractivity contribution in [3.05, 3.63) is 164 Å². The lowest BCUT2D eigenvalue weighted by Crippen LogP contribution is -1.99. The van der Waals surface area contributed by atoms with Gasteiger partial charge in [-0.1, -0.05) is 140 Å². The van der Waals surface area contributed by atoms with E-state index in [9.17, 15) is 0 Å². The van der Waals surface area contributed by atoms with Gasteiger partial charge in [-0.2, -0.15) is 0 Å². The third-order valence-corrected chi connectivity index (χ3v) is 8.02. The third-order valence-electron chi connectivity index (χ3n) is 8.02. The summed E-state index contributed by atoms with van der Waals surface area (Å²) < 4.78 is 2.26. The molecule has 0 spiro atoms. The maximum Gasteiger partial charge on any atom is 0.162 e. The van der Waals surface area contributed by atoms with Crippen LogP contribution in [-0.4, -0.2) is 14.5 Å². The highest BCUT2D eigenvalue weighted by atomic mass is 15.1. The maximum absolute atomic E-state index is 5.31. The molecule has 0 saturated heterocycles. The van der Waals surface area contributed by atoms with Crippen LogP contribution >= 0.6 is 0 Å². The van der Waals surface area contributed by atoms with Crippen LogP contribution in [0.4, 0.5) is 0 Å². The Hall–Kier alpha value is -5.80. The van der Waals surface area contributed by atoms with E-state index in [4.69, 9.17) is 9.97 Å². The van der Waals surface area contributed by atoms with Crippen molar-refractivity contribution in [2.75, 3.05) is 0 Å². The average molecular weight is 550 g/mol. The zero-order chi connectivity index (χ0) is 28.6. The van der Waals surface area contributed by atoms with Gasteiger partial charge in [0.2, 0.25) is 0 Å². The minimum Gasteiger partial charge on any atom is -0.294 e. The Kier molecular flexibility index (Phi) is 6.12. The van der Waals surface area contributed by atoms with Crippen molar-refractivity contribution >= 4 is 21.9 Å². The fraction of sp³-hybridized carbons (Fsp3) is 0. The molecular formula is C40H27N3. The van der Waals surface area contributed by atoms with E-state index in [0.717, 1.165) is 50.0 Å². The highest BCUT2D eigenvalue weighted by Gasteiger charge is 2.21. The van der Waals surface area contributed by atoms with Crippen molar-refractivity contribution in [2.45, 2.75) is 0 Å². The molecule has 0 amide bonds. The lowest BCUT2D eigenvalue weighted by atomic mass is 10.0. The molecule has 0 N–H and O–H groups in total. The Bertz CT molecular complexity index is 2200. The topological polar surface area (TPSA) is 30.7 Å². The molecule has 6 aromatic carbocycles. The number of para-hydroxylation sites is 2. The summed E-state index contributed by atoms with van der Waals surface area (Å²) in [7, 11) is 0. The largest absolute Gasteiger partial charge is 0.294 e. The first kappa shape index (κ1) is 25.0. The van der Waals surface area contributed by atoms with Crippen molar-refractivity contribution in [3.63, 3.8) is 0 Å². The van der Waals surface area contributed by atoms with Crippen LogP contribution in [-0.2, 0) is 0 Å². The molecule has 0 saturated carbocycles. The van der Waals surface area contributed by atoms with Crippen molar-refractivity contribution in [2.24, 2.45) is 0 Å². The van der Waals surface area contributed by atoms with Crippen molar-refractivity contribution in [3.8, 4) is 50.6 Å².